The third kappa shape index (κ3) is 3.81. The van der Waals surface area contributed by atoms with E-state index in [0.29, 0.717) is 48.3 Å². The number of urea groups is 1. The fourth-order valence-corrected chi connectivity index (χ4v) is 6.20. The Balaban J connectivity index is 1.35. The van der Waals surface area contributed by atoms with Crippen LogP contribution in [0.4, 0.5) is 9.18 Å². The zero-order chi connectivity index (χ0) is 26.7. The van der Waals surface area contributed by atoms with Crippen molar-refractivity contribution in [2.75, 3.05) is 26.2 Å². The minimum atomic E-state index is -0.525. The standard InChI is InChI=1S/C29H27FN6O3/c30-19-14-18-7-11-34(29(39)33-8-3-1-4-9-33)12-13-35-17-21(20(15-19)26(18)35)24-25(28(38)32-27(24)37)22-16-31-23-6-2-5-10-36(22)23/h2,5-6,10,14-17H,1,3-4,7-9,11-13H2,(H,32,37,38). The molecule has 198 valence electrons. The number of piperidine rings is 1. The summed E-state index contributed by atoms with van der Waals surface area (Å²) in [5.74, 6) is -1.46. The minimum absolute atomic E-state index is 0.0246. The Morgan fingerprint density at radius 2 is 1.72 bits per heavy atom. The van der Waals surface area contributed by atoms with E-state index in [0.717, 1.165) is 43.4 Å². The molecule has 4 aromatic rings. The molecular weight excluding hydrogens is 499 g/mol. The molecule has 3 aliphatic heterocycles. The number of imidazole rings is 1. The zero-order valence-electron chi connectivity index (χ0n) is 21.3. The second-order valence-electron chi connectivity index (χ2n) is 10.4. The predicted octanol–water partition coefficient (Wildman–Crippen LogP) is 3.46. The number of halogens is 1. The lowest BCUT2D eigenvalue weighted by Crippen LogP contribution is -2.47. The van der Waals surface area contributed by atoms with E-state index in [4.69, 9.17) is 0 Å². The normalized spacial score (nSPS) is 18.2. The van der Waals surface area contributed by atoms with Crippen LogP contribution in [0.15, 0.2) is 48.9 Å². The van der Waals surface area contributed by atoms with Crippen LogP contribution in [-0.4, -0.2) is 67.8 Å². The quantitative estimate of drug-likeness (QED) is 0.405. The molecule has 0 saturated carbocycles. The van der Waals surface area contributed by atoms with Crippen molar-refractivity contribution in [1.29, 1.82) is 0 Å². The molecule has 1 N–H and O–H groups in total. The second-order valence-corrected chi connectivity index (χ2v) is 10.4. The lowest BCUT2D eigenvalue weighted by molar-refractivity contribution is -0.122. The molecule has 1 fully saturated rings. The molecule has 9 nitrogen and oxygen atoms in total. The van der Waals surface area contributed by atoms with Gasteiger partial charge in [-0.15, -0.1) is 0 Å². The molecule has 3 aromatic heterocycles. The number of nitrogens with zero attached hydrogens (tertiary/aromatic N) is 5. The van der Waals surface area contributed by atoms with Gasteiger partial charge in [0, 0.05) is 56.1 Å². The Morgan fingerprint density at radius 1 is 0.923 bits per heavy atom. The van der Waals surface area contributed by atoms with Gasteiger partial charge in [-0.1, -0.05) is 6.07 Å². The molecule has 1 aromatic carbocycles. The van der Waals surface area contributed by atoms with Gasteiger partial charge in [0.25, 0.3) is 11.8 Å². The highest BCUT2D eigenvalue weighted by molar-refractivity contribution is 6.49. The number of likely N-dealkylation sites (tertiary alicyclic amines) is 1. The summed E-state index contributed by atoms with van der Waals surface area (Å²) in [6.07, 6.45) is 8.84. The fourth-order valence-electron chi connectivity index (χ4n) is 6.20. The van der Waals surface area contributed by atoms with Crippen molar-refractivity contribution in [2.45, 2.75) is 32.2 Å². The number of aromatic nitrogens is 3. The van der Waals surface area contributed by atoms with Crippen LogP contribution in [0.3, 0.4) is 0 Å². The maximum absolute atomic E-state index is 15.0. The predicted molar refractivity (Wildman–Crippen MR) is 143 cm³/mol. The van der Waals surface area contributed by atoms with E-state index in [9.17, 15) is 14.4 Å². The molecule has 6 heterocycles. The Bertz CT molecular complexity index is 1710. The van der Waals surface area contributed by atoms with E-state index >= 15 is 4.39 Å². The van der Waals surface area contributed by atoms with Gasteiger partial charge in [-0.05, 0) is 55.5 Å². The van der Waals surface area contributed by atoms with Crippen LogP contribution < -0.4 is 5.32 Å². The molecule has 0 aliphatic carbocycles. The van der Waals surface area contributed by atoms with E-state index in [2.05, 4.69) is 10.3 Å². The summed E-state index contributed by atoms with van der Waals surface area (Å²) in [6, 6.07) is 8.46. The lowest BCUT2D eigenvalue weighted by atomic mass is 9.97. The zero-order valence-corrected chi connectivity index (χ0v) is 21.3. The molecule has 0 unspecified atom stereocenters. The van der Waals surface area contributed by atoms with Crippen LogP contribution in [0.1, 0.15) is 36.1 Å². The summed E-state index contributed by atoms with van der Waals surface area (Å²) in [5.41, 5.74) is 3.64. The van der Waals surface area contributed by atoms with Crippen LogP contribution in [0.5, 0.6) is 0 Å². The van der Waals surface area contributed by atoms with Crippen molar-refractivity contribution in [3.63, 3.8) is 0 Å². The summed E-state index contributed by atoms with van der Waals surface area (Å²) < 4.78 is 18.8. The molecule has 10 heteroatoms. The van der Waals surface area contributed by atoms with Gasteiger partial charge < -0.3 is 14.4 Å². The van der Waals surface area contributed by atoms with E-state index < -0.39 is 17.6 Å². The van der Waals surface area contributed by atoms with E-state index in [-0.39, 0.29) is 17.2 Å². The van der Waals surface area contributed by atoms with Crippen LogP contribution in [-0.2, 0) is 22.6 Å². The molecule has 1 saturated heterocycles. The number of hydrogen-bond acceptors (Lipinski definition) is 4. The number of benzene rings is 1. The van der Waals surface area contributed by atoms with Crippen molar-refractivity contribution in [1.82, 2.24) is 29.1 Å². The highest BCUT2D eigenvalue weighted by Gasteiger charge is 2.36. The maximum atomic E-state index is 15.0. The topological polar surface area (TPSA) is 92.0 Å². The van der Waals surface area contributed by atoms with Crippen molar-refractivity contribution in [3.05, 3.63) is 71.6 Å². The highest BCUT2D eigenvalue weighted by atomic mass is 19.1. The Morgan fingerprint density at radius 3 is 2.56 bits per heavy atom. The molecule has 0 atom stereocenters. The van der Waals surface area contributed by atoms with E-state index in [1.54, 1.807) is 16.8 Å². The summed E-state index contributed by atoms with van der Waals surface area (Å²) in [7, 11) is 0. The van der Waals surface area contributed by atoms with E-state index in [1.165, 1.54) is 12.1 Å². The summed E-state index contributed by atoms with van der Waals surface area (Å²) in [5, 5.41) is 3.01. The highest BCUT2D eigenvalue weighted by Crippen LogP contribution is 2.38. The number of carbonyl (C=O) groups excluding carboxylic acids is 3. The van der Waals surface area contributed by atoms with Gasteiger partial charge in [0.05, 0.1) is 28.6 Å². The summed E-state index contributed by atoms with van der Waals surface area (Å²) >= 11 is 0. The van der Waals surface area contributed by atoms with Gasteiger partial charge in [0.2, 0.25) is 0 Å². The monoisotopic (exact) mass is 526 g/mol. The molecule has 4 amide bonds. The number of fused-ring (bicyclic) bond motifs is 1. The van der Waals surface area contributed by atoms with Crippen molar-refractivity contribution >= 4 is 45.5 Å². The van der Waals surface area contributed by atoms with E-state index in [1.807, 2.05) is 38.8 Å². The number of pyridine rings is 1. The first-order valence-electron chi connectivity index (χ1n) is 13.4. The van der Waals surface area contributed by atoms with Crippen LogP contribution in [0.2, 0.25) is 0 Å². The van der Waals surface area contributed by atoms with Gasteiger partial charge in [0.1, 0.15) is 11.5 Å². The molecule has 39 heavy (non-hydrogen) atoms. The van der Waals surface area contributed by atoms with Crippen LogP contribution in [0.25, 0.3) is 27.7 Å². The molecule has 3 aliphatic rings. The van der Waals surface area contributed by atoms with Gasteiger partial charge in [-0.25, -0.2) is 14.2 Å². The molecule has 0 bridgehead atoms. The third-order valence-electron chi connectivity index (χ3n) is 8.05. The molecule has 7 rings (SSSR count). The van der Waals surface area contributed by atoms with Gasteiger partial charge >= 0.3 is 6.03 Å². The number of hydrogen-bond donors (Lipinski definition) is 1. The summed E-state index contributed by atoms with van der Waals surface area (Å²) in [6.45, 7) is 3.01. The number of nitrogens with one attached hydrogen (secondary N) is 1. The Labute approximate surface area is 223 Å². The first-order chi connectivity index (χ1) is 19.0. The number of carbonyl (C=O) groups is 3. The van der Waals surface area contributed by atoms with Crippen molar-refractivity contribution in [3.8, 4) is 0 Å². The Hall–Kier alpha value is -4.47. The average Bonchev–Trinajstić information content (AvgIpc) is 3.59. The fraction of sp³-hybridized carbons (Fsp3) is 0.310. The molecule has 0 radical (unpaired) electrons. The average molecular weight is 527 g/mol. The smallest absolute Gasteiger partial charge is 0.320 e. The largest absolute Gasteiger partial charge is 0.345 e. The third-order valence-corrected chi connectivity index (χ3v) is 8.05. The number of amides is 4. The Kier molecular flexibility index (Phi) is 5.50. The first-order valence-corrected chi connectivity index (χ1v) is 13.4. The summed E-state index contributed by atoms with van der Waals surface area (Å²) in [4.78, 5) is 47.7. The first kappa shape index (κ1) is 23.6. The number of rotatable bonds is 2. The van der Waals surface area contributed by atoms with Crippen molar-refractivity contribution in [2.24, 2.45) is 0 Å². The van der Waals surface area contributed by atoms with Gasteiger partial charge in [-0.2, -0.15) is 0 Å². The maximum Gasteiger partial charge on any atom is 0.320 e. The van der Waals surface area contributed by atoms with Crippen molar-refractivity contribution < 1.29 is 18.8 Å². The molecular formula is C29H27FN6O3. The van der Waals surface area contributed by atoms with Crippen LogP contribution >= 0.6 is 0 Å². The minimum Gasteiger partial charge on any atom is -0.345 e. The number of imide groups is 1. The van der Waals surface area contributed by atoms with Crippen LogP contribution in [0, 0.1) is 5.82 Å². The SMILES string of the molecule is O=C1NC(=O)C(c2cnc3ccccn23)=C1c1cn2c3c(cc(F)cc13)CCN(C(=O)N1CCCCC1)CC2. The molecule has 0 spiro atoms. The lowest BCUT2D eigenvalue weighted by Gasteiger charge is -2.34. The second kappa shape index (κ2) is 9.07. The van der Waals surface area contributed by atoms with Gasteiger partial charge in [-0.3, -0.25) is 19.3 Å². The van der Waals surface area contributed by atoms with Gasteiger partial charge in [0.15, 0.2) is 0 Å².